The Kier molecular flexibility index (Phi) is 5.77. The Morgan fingerprint density at radius 3 is 2.24 bits per heavy atom. The van der Waals surface area contributed by atoms with Gasteiger partial charge < -0.3 is 10.6 Å². The molecule has 1 heterocycles. The van der Waals surface area contributed by atoms with Crippen LogP contribution < -0.4 is 16.2 Å². The third kappa shape index (κ3) is 4.51. The van der Waals surface area contributed by atoms with Crippen LogP contribution in [0.25, 0.3) is 10.8 Å². The molecule has 0 saturated heterocycles. The molecule has 0 unspecified atom stereocenters. The summed E-state index contributed by atoms with van der Waals surface area (Å²) in [5, 5.41) is 10.9. The highest BCUT2D eigenvalue weighted by Gasteiger charge is 2.13. The summed E-state index contributed by atoms with van der Waals surface area (Å²) < 4.78 is 1.12. The molecule has 0 aliphatic carbocycles. The second-order valence-electron chi connectivity index (χ2n) is 7.19. The van der Waals surface area contributed by atoms with E-state index >= 15 is 0 Å². The molecule has 0 saturated carbocycles. The van der Waals surface area contributed by atoms with Crippen LogP contribution in [0, 0.1) is 27.7 Å². The number of benzene rings is 2. The zero-order valence-corrected chi connectivity index (χ0v) is 17.0. The number of carbonyl (C=O) groups excluding carboxylic acids is 2. The van der Waals surface area contributed by atoms with E-state index in [0.717, 1.165) is 32.4 Å². The van der Waals surface area contributed by atoms with Crippen molar-refractivity contribution in [2.45, 2.75) is 34.2 Å². The summed E-state index contributed by atoms with van der Waals surface area (Å²) in [6.07, 6.45) is 0. The molecule has 0 spiro atoms. The quantitative estimate of drug-likeness (QED) is 0.697. The molecule has 0 aliphatic heterocycles. The highest BCUT2D eigenvalue weighted by atomic mass is 16.2. The van der Waals surface area contributed by atoms with E-state index in [0.29, 0.717) is 11.1 Å². The van der Waals surface area contributed by atoms with Gasteiger partial charge in [0.15, 0.2) is 0 Å². The van der Waals surface area contributed by atoms with Gasteiger partial charge in [0.25, 0.3) is 5.56 Å². The lowest BCUT2D eigenvalue weighted by molar-refractivity contribution is -0.124. The van der Waals surface area contributed by atoms with E-state index in [1.165, 1.54) is 0 Å². The maximum Gasteiger partial charge on any atom is 0.275 e. The van der Waals surface area contributed by atoms with Crippen LogP contribution in [0.15, 0.2) is 41.2 Å². The molecule has 0 atom stereocenters. The SMILES string of the molecule is Cc1cc(C)c(NC(=O)CNC(=O)Cn2nc(C)c3ccccc3c2=O)c(C)c1. The van der Waals surface area contributed by atoms with Gasteiger partial charge in [0, 0.05) is 11.1 Å². The normalized spacial score (nSPS) is 10.8. The van der Waals surface area contributed by atoms with Crippen molar-refractivity contribution in [2.75, 3.05) is 11.9 Å². The first-order chi connectivity index (χ1) is 13.8. The molecule has 7 heteroatoms. The lowest BCUT2D eigenvalue weighted by Gasteiger charge is -2.13. The molecule has 2 N–H and O–H groups in total. The summed E-state index contributed by atoms with van der Waals surface area (Å²) in [5.74, 6) is -0.787. The Morgan fingerprint density at radius 2 is 1.59 bits per heavy atom. The van der Waals surface area contributed by atoms with Crippen LogP contribution in [0.1, 0.15) is 22.4 Å². The van der Waals surface area contributed by atoms with E-state index in [-0.39, 0.29) is 24.6 Å². The summed E-state index contributed by atoms with van der Waals surface area (Å²) >= 11 is 0. The van der Waals surface area contributed by atoms with Gasteiger partial charge in [-0.1, -0.05) is 35.9 Å². The van der Waals surface area contributed by atoms with Crippen molar-refractivity contribution >= 4 is 28.3 Å². The van der Waals surface area contributed by atoms with Crippen LogP contribution in [0.5, 0.6) is 0 Å². The van der Waals surface area contributed by atoms with Crippen molar-refractivity contribution < 1.29 is 9.59 Å². The van der Waals surface area contributed by atoms with E-state index in [1.54, 1.807) is 19.1 Å². The van der Waals surface area contributed by atoms with Gasteiger partial charge >= 0.3 is 0 Å². The van der Waals surface area contributed by atoms with Crippen molar-refractivity contribution in [3.05, 3.63) is 69.1 Å². The number of nitrogens with zero attached hydrogens (tertiary/aromatic N) is 2. The van der Waals surface area contributed by atoms with Crippen LogP contribution in [0.3, 0.4) is 0 Å². The molecule has 0 aliphatic rings. The van der Waals surface area contributed by atoms with Crippen LogP contribution in [-0.2, 0) is 16.1 Å². The summed E-state index contributed by atoms with van der Waals surface area (Å²) in [6.45, 7) is 7.20. The van der Waals surface area contributed by atoms with Gasteiger partial charge in [-0.05, 0) is 44.9 Å². The fourth-order valence-electron chi connectivity index (χ4n) is 3.44. The van der Waals surface area contributed by atoms with Crippen molar-refractivity contribution in [3.8, 4) is 0 Å². The summed E-state index contributed by atoms with van der Waals surface area (Å²) in [6, 6.07) is 11.1. The molecule has 0 radical (unpaired) electrons. The molecule has 7 nitrogen and oxygen atoms in total. The first kappa shape index (κ1) is 20.3. The van der Waals surface area contributed by atoms with Crippen molar-refractivity contribution in [2.24, 2.45) is 0 Å². The fraction of sp³-hybridized carbons (Fsp3) is 0.273. The zero-order chi connectivity index (χ0) is 21.1. The molecule has 0 bridgehead atoms. The van der Waals surface area contributed by atoms with Gasteiger partial charge in [0.05, 0.1) is 17.6 Å². The average molecular weight is 392 g/mol. The van der Waals surface area contributed by atoms with Gasteiger partial charge in [-0.25, -0.2) is 4.68 Å². The number of aryl methyl sites for hydroxylation is 4. The Morgan fingerprint density at radius 1 is 0.966 bits per heavy atom. The molecule has 2 amide bonds. The third-order valence-electron chi connectivity index (χ3n) is 4.73. The lowest BCUT2D eigenvalue weighted by atomic mass is 10.1. The van der Waals surface area contributed by atoms with Crippen LogP contribution >= 0.6 is 0 Å². The zero-order valence-electron chi connectivity index (χ0n) is 17.0. The average Bonchev–Trinajstić information content (AvgIpc) is 2.67. The Bertz CT molecular complexity index is 1140. The molecule has 29 heavy (non-hydrogen) atoms. The monoisotopic (exact) mass is 392 g/mol. The number of amides is 2. The summed E-state index contributed by atoms with van der Waals surface area (Å²) in [5.41, 5.74) is 4.12. The van der Waals surface area contributed by atoms with E-state index in [2.05, 4.69) is 15.7 Å². The molecule has 3 rings (SSSR count). The first-order valence-electron chi connectivity index (χ1n) is 9.37. The van der Waals surface area contributed by atoms with Crippen molar-refractivity contribution in [3.63, 3.8) is 0 Å². The molecule has 1 aromatic heterocycles. The third-order valence-corrected chi connectivity index (χ3v) is 4.73. The summed E-state index contributed by atoms with van der Waals surface area (Å²) in [7, 11) is 0. The number of fused-ring (bicyclic) bond motifs is 1. The maximum atomic E-state index is 12.5. The highest BCUT2D eigenvalue weighted by molar-refractivity contribution is 5.95. The Hall–Kier alpha value is -3.48. The number of aromatic nitrogens is 2. The summed E-state index contributed by atoms with van der Waals surface area (Å²) in [4.78, 5) is 37.0. The van der Waals surface area contributed by atoms with Crippen LogP contribution in [0.4, 0.5) is 5.69 Å². The Balaban J connectivity index is 1.65. The van der Waals surface area contributed by atoms with Crippen molar-refractivity contribution in [1.82, 2.24) is 15.1 Å². The second kappa shape index (κ2) is 8.26. The predicted molar refractivity (Wildman–Crippen MR) is 113 cm³/mol. The van der Waals surface area contributed by atoms with E-state index in [4.69, 9.17) is 0 Å². The number of rotatable bonds is 5. The number of nitrogens with one attached hydrogen (secondary N) is 2. The number of carbonyl (C=O) groups is 2. The Labute approximate surface area is 168 Å². The molecule has 2 aromatic carbocycles. The first-order valence-corrected chi connectivity index (χ1v) is 9.37. The van der Waals surface area contributed by atoms with Crippen molar-refractivity contribution in [1.29, 1.82) is 0 Å². The van der Waals surface area contributed by atoms with Gasteiger partial charge in [-0.3, -0.25) is 14.4 Å². The minimum Gasteiger partial charge on any atom is -0.345 e. The minimum absolute atomic E-state index is 0.188. The number of hydrogen-bond acceptors (Lipinski definition) is 4. The minimum atomic E-state index is -0.457. The smallest absolute Gasteiger partial charge is 0.275 e. The number of anilines is 1. The van der Waals surface area contributed by atoms with Gasteiger partial charge in [-0.15, -0.1) is 0 Å². The molecule has 0 fully saturated rings. The van der Waals surface area contributed by atoms with Gasteiger partial charge in [0.2, 0.25) is 11.8 Å². The highest BCUT2D eigenvalue weighted by Crippen LogP contribution is 2.21. The van der Waals surface area contributed by atoms with E-state index < -0.39 is 5.91 Å². The predicted octanol–water partition coefficient (Wildman–Crippen LogP) is 2.39. The van der Waals surface area contributed by atoms with Crippen LogP contribution in [0.2, 0.25) is 0 Å². The lowest BCUT2D eigenvalue weighted by Crippen LogP contribution is -2.38. The fourth-order valence-corrected chi connectivity index (χ4v) is 3.44. The van der Waals surface area contributed by atoms with Gasteiger partial charge in [-0.2, -0.15) is 5.10 Å². The molecule has 3 aromatic rings. The van der Waals surface area contributed by atoms with Crippen LogP contribution in [-0.4, -0.2) is 28.1 Å². The standard InChI is InChI=1S/C22H24N4O3/c1-13-9-14(2)21(15(3)10-13)24-19(27)11-23-20(28)12-26-22(29)18-8-6-5-7-17(18)16(4)25-26/h5-10H,11-12H2,1-4H3,(H,23,28)(H,24,27). The molecule has 150 valence electrons. The second-order valence-corrected chi connectivity index (χ2v) is 7.19. The number of hydrogen-bond donors (Lipinski definition) is 2. The molecular formula is C22H24N4O3. The van der Waals surface area contributed by atoms with E-state index in [9.17, 15) is 14.4 Å². The molecular weight excluding hydrogens is 368 g/mol. The van der Waals surface area contributed by atoms with E-state index in [1.807, 2.05) is 45.0 Å². The topological polar surface area (TPSA) is 93.1 Å². The maximum absolute atomic E-state index is 12.5. The largest absolute Gasteiger partial charge is 0.345 e. The van der Waals surface area contributed by atoms with Gasteiger partial charge in [0.1, 0.15) is 6.54 Å².